The summed E-state index contributed by atoms with van der Waals surface area (Å²) in [5.41, 5.74) is 0.590. The van der Waals surface area contributed by atoms with Gasteiger partial charge in [0.05, 0.1) is 6.61 Å². The zero-order valence-electron chi connectivity index (χ0n) is 10.7. The normalized spacial score (nSPS) is 13.8. The zero-order chi connectivity index (χ0) is 13.5. The van der Waals surface area contributed by atoms with Crippen LogP contribution in [-0.2, 0) is 0 Å². The van der Waals surface area contributed by atoms with Crippen molar-refractivity contribution >= 4 is 11.8 Å². The predicted octanol–water partition coefficient (Wildman–Crippen LogP) is 1.44. The van der Waals surface area contributed by atoms with Gasteiger partial charge in [-0.3, -0.25) is 5.32 Å². The fourth-order valence-electron chi connectivity index (χ4n) is 1.89. The van der Waals surface area contributed by atoms with E-state index in [1.165, 1.54) is 0 Å². The van der Waals surface area contributed by atoms with Crippen LogP contribution in [0.1, 0.15) is 25.0 Å². The van der Waals surface area contributed by atoms with Crippen molar-refractivity contribution in [3.63, 3.8) is 0 Å². The third-order valence-electron chi connectivity index (χ3n) is 2.83. The number of aliphatic hydroxyl groups is 1. The summed E-state index contributed by atoms with van der Waals surface area (Å²) in [6.45, 7) is 1.65. The lowest BCUT2D eigenvalue weighted by Gasteiger charge is -2.15. The van der Waals surface area contributed by atoms with Gasteiger partial charge in [0.2, 0.25) is 0 Å². The van der Waals surface area contributed by atoms with Gasteiger partial charge in [0.1, 0.15) is 11.5 Å². The van der Waals surface area contributed by atoms with Gasteiger partial charge in [0.25, 0.3) is 0 Å². The molecule has 1 aliphatic heterocycles. The Morgan fingerprint density at radius 2 is 2.21 bits per heavy atom. The van der Waals surface area contributed by atoms with Crippen molar-refractivity contribution in [2.45, 2.75) is 19.3 Å². The molecule has 0 spiro atoms. The van der Waals surface area contributed by atoms with Crippen LogP contribution in [-0.4, -0.2) is 40.7 Å². The monoisotopic (exact) mass is 259 g/mol. The van der Waals surface area contributed by atoms with Crippen molar-refractivity contribution in [3.8, 4) is 11.8 Å². The van der Waals surface area contributed by atoms with Crippen molar-refractivity contribution in [1.82, 2.24) is 9.88 Å². The number of amides is 2. The fraction of sp³-hybridized carbons (Fsp3) is 0.429. The molecule has 0 saturated carbocycles. The zero-order valence-corrected chi connectivity index (χ0v) is 10.7. The van der Waals surface area contributed by atoms with E-state index in [9.17, 15) is 4.79 Å². The molecule has 1 fully saturated rings. The molecule has 0 bridgehead atoms. The van der Waals surface area contributed by atoms with Crippen LogP contribution in [0.25, 0.3) is 0 Å². The van der Waals surface area contributed by atoms with E-state index in [1.54, 1.807) is 23.1 Å². The Morgan fingerprint density at radius 3 is 2.95 bits per heavy atom. The molecule has 2 N–H and O–H groups in total. The number of nitrogens with zero attached hydrogens (tertiary/aromatic N) is 2. The Morgan fingerprint density at radius 1 is 1.42 bits per heavy atom. The minimum Gasteiger partial charge on any atom is -0.395 e. The van der Waals surface area contributed by atoms with E-state index in [-0.39, 0.29) is 12.6 Å². The number of nitrogens with one attached hydrogen (secondary N) is 1. The summed E-state index contributed by atoms with van der Waals surface area (Å²) in [5.74, 6) is 6.15. The molecule has 19 heavy (non-hydrogen) atoms. The van der Waals surface area contributed by atoms with Crippen LogP contribution in [0.4, 0.5) is 10.6 Å². The smallest absolute Gasteiger partial charge is 0.323 e. The van der Waals surface area contributed by atoms with Crippen LogP contribution in [0.3, 0.4) is 0 Å². The summed E-state index contributed by atoms with van der Waals surface area (Å²) in [5, 5.41) is 11.4. The summed E-state index contributed by atoms with van der Waals surface area (Å²) in [4.78, 5) is 17.9. The van der Waals surface area contributed by atoms with Gasteiger partial charge in [-0.05, 0) is 30.9 Å². The summed E-state index contributed by atoms with van der Waals surface area (Å²) in [6, 6.07) is 5.21. The van der Waals surface area contributed by atoms with Crippen LogP contribution in [0, 0.1) is 11.8 Å². The third-order valence-corrected chi connectivity index (χ3v) is 2.83. The Balaban J connectivity index is 1.98. The van der Waals surface area contributed by atoms with Crippen molar-refractivity contribution in [1.29, 1.82) is 0 Å². The Kier molecular flexibility index (Phi) is 4.76. The molecule has 2 amide bonds. The topological polar surface area (TPSA) is 65.5 Å². The first-order valence-corrected chi connectivity index (χ1v) is 6.42. The number of aliphatic hydroxyl groups excluding tert-OH is 1. The molecule has 1 saturated heterocycles. The maximum Gasteiger partial charge on any atom is 0.323 e. The van der Waals surface area contributed by atoms with Gasteiger partial charge in [-0.25, -0.2) is 9.78 Å². The molecule has 0 radical (unpaired) electrons. The number of hydrogen-bond acceptors (Lipinski definition) is 3. The number of rotatable bonds is 2. The molecule has 2 rings (SSSR count). The molecule has 0 aliphatic carbocycles. The highest BCUT2D eigenvalue weighted by molar-refractivity contribution is 5.88. The first-order chi connectivity index (χ1) is 9.29. The van der Waals surface area contributed by atoms with E-state index in [2.05, 4.69) is 22.1 Å². The quantitative estimate of drug-likeness (QED) is 0.790. The maximum atomic E-state index is 11.9. The van der Waals surface area contributed by atoms with E-state index >= 15 is 0 Å². The molecular weight excluding hydrogens is 242 g/mol. The summed E-state index contributed by atoms with van der Waals surface area (Å²) < 4.78 is 0. The number of carbonyl (C=O) groups excluding carboxylic acids is 1. The molecule has 100 valence electrons. The fourth-order valence-corrected chi connectivity index (χ4v) is 1.89. The lowest BCUT2D eigenvalue weighted by molar-refractivity contribution is 0.222. The van der Waals surface area contributed by atoms with E-state index < -0.39 is 0 Å². The van der Waals surface area contributed by atoms with E-state index in [1.807, 2.05) is 0 Å². The first-order valence-electron chi connectivity index (χ1n) is 6.42. The molecule has 1 aliphatic rings. The summed E-state index contributed by atoms with van der Waals surface area (Å²) in [7, 11) is 0. The average molecular weight is 259 g/mol. The van der Waals surface area contributed by atoms with Crippen LogP contribution in [0.15, 0.2) is 18.2 Å². The second kappa shape index (κ2) is 6.76. The molecule has 2 heterocycles. The molecule has 0 atom stereocenters. The standard InChI is InChI=1S/C14H17N3O2/c18-11-4-1-6-12-7-5-8-13(15-12)16-14(19)17-9-2-3-10-17/h5,7-8,18H,2-4,9-11H2,(H,15,16,19). The molecule has 1 aromatic heterocycles. The van der Waals surface area contributed by atoms with Gasteiger partial charge >= 0.3 is 6.03 Å². The second-order valence-electron chi connectivity index (χ2n) is 4.31. The van der Waals surface area contributed by atoms with Gasteiger partial charge in [-0.1, -0.05) is 12.0 Å². The predicted molar refractivity (Wildman–Crippen MR) is 72.6 cm³/mol. The molecule has 0 aromatic carbocycles. The molecule has 5 heteroatoms. The van der Waals surface area contributed by atoms with Gasteiger partial charge in [0.15, 0.2) is 0 Å². The highest BCUT2D eigenvalue weighted by atomic mass is 16.2. The number of likely N-dealkylation sites (tertiary alicyclic amines) is 1. The highest BCUT2D eigenvalue weighted by Crippen LogP contribution is 2.10. The maximum absolute atomic E-state index is 11.9. The lowest BCUT2D eigenvalue weighted by Crippen LogP contribution is -2.32. The van der Waals surface area contributed by atoms with Crippen LogP contribution >= 0.6 is 0 Å². The number of hydrogen-bond donors (Lipinski definition) is 2. The second-order valence-corrected chi connectivity index (χ2v) is 4.31. The molecular formula is C14H17N3O2. The number of aromatic nitrogens is 1. The van der Waals surface area contributed by atoms with Crippen molar-refractivity contribution < 1.29 is 9.90 Å². The molecule has 0 unspecified atom stereocenters. The van der Waals surface area contributed by atoms with Gasteiger partial charge in [-0.2, -0.15) is 0 Å². The third kappa shape index (κ3) is 3.97. The molecule has 1 aromatic rings. The lowest BCUT2D eigenvalue weighted by atomic mass is 10.3. The van der Waals surface area contributed by atoms with E-state index in [4.69, 9.17) is 5.11 Å². The van der Waals surface area contributed by atoms with Gasteiger partial charge < -0.3 is 10.0 Å². The number of pyridine rings is 1. The summed E-state index contributed by atoms with van der Waals surface area (Å²) >= 11 is 0. The van der Waals surface area contributed by atoms with Gasteiger partial charge in [0, 0.05) is 19.5 Å². The SMILES string of the molecule is O=C(Nc1cccc(C#CCCO)n1)N1CCCC1. The highest BCUT2D eigenvalue weighted by Gasteiger charge is 2.17. The van der Waals surface area contributed by atoms with Crippen LogP contribution < -0.4 is 5.32 Å². The van der Waals surface area contributed by atoms with E-state index in [0.29, 0.717) is 17.9 Å². The van der Waals surface area contributed by atoms with Crippen molar-refractivity contribution in [2.75, 3.05) is 25.0 Å². The Hall–Kier alpha value is -2.06. The van der Waals surface area contributed by atoms with Crippen molar-refractivity contribution in [2.24, 2.45) is 0 Å². The number of carbonyl (C=O) groups is 1. The minimum absolute atomic E-state index is 0.0401. The van der Waals surface area contributed by atoms with Crippen LogP contribution in [0.5, 0.6) is 0 Å². The largest absolute Gasteiger partial charge is 0.395 e. The van der Waals surface area contributed by atoms with Crippen molar-refractivity contribution in [3.05, 3.63) is 23.9 Å². The first kappa shape index (κ1) is 13.4. The average Bonchev–Trinajstić information content (AvgIpc) is 2.93. The van der Waals surface area contributed by atoms with Crippen LogP contribution in [0.2, 0.25) is 0 Å². The van der Waals surface area contributed by atoms with Gasteiger partial charge in [-0.15, -0.1) is 0 Å². The number of urea groups is 1. The minimum atomic E-state index is -0.106. The Labute approximate surface area is 112 Å². The summed E-state index contributed by atoms with van der Waals surface area (Å²) in [6.07, 6.45) is 2.55. The van der Waals surface area contributed by atoms with E-state index in [0.717, 1.165) is 25.9 Å². The Bertz CT molecular complexity index is 499. The number of anilines is 1. The molecule has 5 nitrogen and oxygen atoms in total.